The van der Waals surface area contributed by atoms with Gasteiger partial charge in [-0.3, -0.25) is 24.2 Å². The Hall–Kier alpha value is -4.89. The van der Waals surface area contributed by atoms with Crippen LogP contribution >= 0.6 is 0 Å². The van der Waals surface area contributed by atoms with E-state index in [-0.39, 0.29) is 25.9 Å². The number of anilines is 1. The quantitative estimate of drug-likeness (QED) is 0.320. The first kappa shape index (κ1) is 30.6. The summed E-state index contributed by atoms with van der Waals surface area (Å²) in [5.74, 6) is -3.46. The van der Waals surface area contributed by atoms with Crippen molar-refractivity contribution in [1.82, 2.24) is 35.7 Å². The molecule has 3 heterocycles. The van der Waals surface area contributed by atoms with Crippen LogP contribution in [0.15, 0.2) is 42.5 Å². The Kier molecular flexibility index (Phi) is 7.86. The molecule has 3 aromatic rings. The average molecular weight is 617 g/mol. The van der Waals surface area contributed by atoms with Gasteiger partial charge in [0, 0.05) is 31.4 Å². The number of likely N-dealkylation sites (tertiary alicyclic amines) is 1. The minimum Gasteiger partial charge on any atom is -0.341 e. The van der Waals surface area contributed by atoms with E-state index in [2.05, 4.69) is 25.9 Å². The number of carbonyl (C=O) groups is 4. The third kappa shape index (κ3) is 5.35. The van der Waals surface area contributed by atoms with Crippen molar-refractivity contribution >= 4 is 29.4 Å². The van der Waals surface area contributed by atoms with Crippen molar-refractivity contribution in [2.45, 2.75) is 44.4 Å². The van der Waals surface area contributed by atoms with Crippen LogP contribution < -0.4 is 10.2 Å². The van der Waals surface area contributed by atoms with Crippen LogP contribution in [0.2, 0.25) is 0 Å². The highest BCUT2D eigenvalue weighted by atomic mass is 19.4. The van der Waals surface area contributed by atoms with Gasteiger partial charge < -0.3 is 10.2 Å². The van der Waals surface area contributed by atoms with Crippen LogP contribution in [0, 0.1) is 11.7 Å². The van der Waals surface area contributed by atoms with Crippen LogP contribution in [-0.4, -0.2) is 85.9 Å². The molecule has 0 saturated carbocycles. The van der Waals surface area contributed by atoms with Crippen molar-refractivity contribution < 1.29 is 36.7 Å². The van der Waals surface area contributed by atoms with Gasteiger partial charge in [0.15, 0.2) is 0 Å². The highest BCUT2D eigenvalue weighted by molar-refractivity contribution is 6.16. The molecule has 232 valence electrons. The number of halogens is 4. The number of tetrazole rings is 1. The number of likely N-dealkylation sites (N-methyl/N-ethyl adjacent to an activating group) is 1. The van der Waals surface area contributed by atoms with Crippen molar-refractivity contribution in [3.8, 4) is 11.4 Å². The van der Waals surface area contributed by atoms with Gasteiger partial charge in [0.1, 0.15) is 17.4 Å². The van der Waals surface area contributed by atoms with Crippen molar-refractivity contribution in [3.05, 3.63) is 59.4 Å². The molecule has 2 aliphatic rings. The second-order valence-electron chi connectivity index (χ2n) is 11.0. The Morgan fingerprint density at radius 2 is 1.70 bits per heavy atom. The lowest BCUT2D eigenvalue weighted by atomic mass is 9.85. The zero-order valence-electron chi connectivity index (χ0n) is 23.9. The smallest absolute Gasteiger partial charge is 0.341 e. The van der Waals surface area contributed by atoms with Crippen LogP contribution in [0.3, 0.4) is 0 Å². The van der Waals surface area contributed by atoms with Crippen LogP contribution in [0.1, 0.15) is 42.6 Å². The lowest BCUT2D eigenvalue weighted by molar-refractivity contribution is -0.139. The van der Waals surface area contributed by atoms with E-state index in [1.807, 2.05) is 0 Å². The molecule has 0 unspecified atom stereocenters. The number of amides is 5. The Bertz CT molecular complexity index is 1590. The lowest BCUT2D eigenvalue weighted by Crippen LogP contribution is -2.60. The average Bonchev–Trinajstić information content (AvgIpc) is 3.59. The largest absolute Gasteiger partial charge is 0.416 e. The van der Waals surface area contributed by atoms with Crippen LogP contribution in [0.5, 0.6) is 0 Å². The van der Waals surface area contributed by atoms with Gasteiger partial charge in [0.05, 0.1) is 11.1 Å². The fourth-order valence-electron chi connectivity index (χ4n) is 5.57. The number of piperidine rings is 1. The molecule has 1 spiro atoms. The maximum absolute atomic E-state index is 14.4. The van der Waals surface area contributed by atoms with Gasteiger partial charge in [-0.1, -0.05) is 13.8 Å². The maximum atomic E-state index is 14.4. The van der Waals surface area contributed by atoms with E-state index >= 15 is 0 Å². The summed E-state index contributed by atoms with van der Waals surface area (Å²) < 4.78 is 53.8. The van der Waals surface area contributed by atoms with E-state index in [4.69, 9.17) is 0 Å². The van der Waals surface area contributed by atoms with Gasteiger partial charge in [-0.05, 0) is 66.4 Å². The van der Waals surface area contributed by atoms with Crippen LogP contribution in [0.25, 0.3) is 11.4 Å². The van der Waals surface area contributed by atoms with Crippen LogP contribution in [0.4, 0.5) is 28.0 Å². The van der Waals surface area contributed by atoms with Gasteiger partial charge in [-0.2, -0.15) is 18.4 Å². The number of alkyl halides is 3. The Morgan fingerprint density at radius 3 is 2.27 bits per heavy atom. The number of nitrogens with one attached hydrogen (secondary N) is 2. The van der Waals surface area contributed by atoms with Gasteiger partial charge in [-0.25, -0.2) is 9.18 Å². The number of carbonyl (C=O) groups excluding carboxylic acids is 4. The number of hydrogen-bond acceptors (Lipinski definition) is 7. The highest BCUT2D eigenvalue weighted by Gasteiger charge is 2.58. The van der Waals surface area contributed by atoms with E-state index < -0.39 is 64.4 Å². The van der Waals surface area contributed by atoms with E-state index in [0.717, 1.165) is 4.90 Å². The van der Waals surface area contributed by atoms with E-state index in [0.29, 0.717) is 35.3 Å². The summed E-state index contributed by atoms with van der Waals surface area (Å²) in [5.41, 5.74) is -2.22. The van der Waals surface area contributed by atoms with Crippen molar-refractivity contribution in [1.29, 1.82) is 0 Å². The summed E-state index contributed by atoms with van der Waals surface area (Å²) in [4.78, 5) is 57.0. The minimum absolute atomic E-state index is 0.0418. The Labute approximate surface area is 248 Å². The number of imide groups is 1. The number of aromatic amines is 1. The number of urea groups is 1. The molecule has 12 nitrogen and oxygen atoms in total. The molecule has 5 rings (SSSR count). The summed E-state index contributed by atoms with van der Waals surface area (Å²) in [6.45, 7) is 3.34. The fourth-order valence-corrected chi connectivity index (χ4v) is 5.57. The van der Waals surface area contributed by atoms with E-state index in [1.165, 1.54) is 16.8 Å². The fraction of sp³-hybridized carbons (Fsp3) is 0.393. The predicted molar refractivity (Wildman–Crippen MR) is 146 cm³/mol. The molecular formula is C28H28F4N8O4. The summed E-state index contributed by atoms with van der Waals surface area (Å²) in [6, 6.07) is 6.45. The topological polar surface area (TPSA) is 144 Å². The third-order valence-electron chi connectivity index (χ3n) is 8.00. The molecule has 0 radical (unpaired) electrons. The highest BCUT2D eigenvalue weighted by Crippen LogP contribution is 2.41. The van der Waals surface area contributed by atoms with Crippen LogP contribution in [-0.2, 0) is 15.8 Å². The number of rotatable bonds is 6. The first-order valence-electron chi connectivity index (χ1n) is 13.7. The molecule has 0 aliphatic carbocycles. The number of hydrogen-bond donors (Lipinski definition) is 2. The summed E-state index contributed by atoms with van der Waals surface area (Å²) in [7, 11) is 1.38. The SMILES string of the molecule is CC(C)[C@@H](NC(=O)c1cc(C(F)(F)F)ccc1F)C(=O)N1CCC2(CC1)C(=O)N(C)C(=O)N2c1ccc(-c2nn[nH]n2)cc1. The molecule has 2 aromatic carbocycles. The molecule has 2 aliphatic heterocycles. The zero-order valence-corrected chi connectivity index (χ0v) is 23.9. The maximum Gasteiger partial charge on any atom is 0.416 e. The molecule has 1 atom stereocenters. The van der Waals surface area contributed by atoms with Gasteiger partial charge in [0.25, 0.3) is 11.8 Å². The molecule has 2 saturated heterocycles. The predicted octanol–water partition coefficient (Wildman–Crippen LogP) is 3.24. The van der Waals surface area contributed by atoms with Gasteiger partial charge in [0.2, 0.25) is 11.7 Å². The van der Waals surface area contributed by atoms with Gasteiger partial charge >= 0.3 is 12.2 Å². The molecule has 5 amide bonds. The number of benzene rings is 2. The molecule has 1 aromatic heterocycles. The molecular weight excluding hydrogens is 588 g/mol. The monoisotopic (exact) mass is 616 g/mol. The molecule has 16 heteroatoms. The van der Waals surface area contributed by atoms with E-state index in [9.17, 15) is 36.7 Å². The summed E-state index contributed by atoms with van der Waals surface area (Å²) >= 11 is 0. The second kappa shape index (κ2) is 11.3. The number of aromatic nitrogens is 4. The van der Waals surface area contributed by atoms with Crippen molar-refractivity contribution in [3.63, 3.8) is 0 Å². The molecule has 44 heavy (non-hydrogen) atoms. The molecule has 2 N–H and O–H groups in total. The first-order chi connectivity index (χ1) is 20.7. The van der Waals surface area contributed by atoms with Crippen molar-refractivity contribution in [2.24, 2.45) is 5.92 Å². The standard InChI is InChI=1S/C28H28F4N8O4/c1-15(2)21(33-23(41)19-14-17(28(30,31)32)6-9-20(19)29)24(42)39-12-10-27(11-13-39)25(43)38(3)26(44)40(27)18-7-4-16(5-8-18)22-34-36-37-35-22/h4-9,14-15,21H,10-13H2,1-3H3,(H,33,41)(H,34,35,36,37)/t21-/m1/s1. The zero-order chi connectivity index (χ0) is 32.0. The Balaban J connectivity index is 1.33. The molecule has 0 bridgehead atoms. The van der Waals surface area contributed by atoms with E-state index in [1.54, 1.807) is 38.1 Å². The normalized spacial score (nSPS) is 17.5. The van der Waals surface area contributed by atoms with Crippen molar-refractivity contribution in [2.75, 3.05) is 25.0 Å². The summed E-state index contributed by atoms with van der Waals surface area (Å²) in [6.07, 6.45) is -4.63. The Morgan fingerprint density at radius 1 is 1.05 bits per heavy atom. The minimum atomic E-state index is -4.79. The third-order valence-corrected chi connectivity index (χ3v) is 8.00. The number of H-pyrrole nitrogens is 1. The number of nitrogens with zero attached hydrogens (tertiary/aromatic N) is 6. The van der Waals surface area contributed by atoms with Gasteiger partial charge in [-0.15, -0.1) is 10.2 Å². The first-order valence-corrected chi connectivity index (χ1v) is 13.7. The second-order valence-corrected chi connectivity index (χ2v) is 11.0. The lowest BCUT2D eigenvalue weighted by Gasteiger charge is -2.43. The summed E-state index contributed by atoms with van der Waals surface area (Å²) in [5, 5.41) is 16.1. The molecule has 2 fully saturated rings.